The topological polar surface area (TPSA) is 38.7 Å². The Morgan fingerprint density at radius 2 is 2.42 bits per heavy atom. The van der Waals surface area contributed by atoms with Crippen molar-refractivity contribution in [2.75, 3.05) is 0 Å². The third kappa shape index (κ3) is 1.49. The Kier molecular flexibility index (Phi) is 1.67. The third-order valence-corrected chi connectivity index (χ3v) is 2.47. The number of hydrogen-bond acceptors (Lipinski definition) is 3. The van der Waals surface area contributed by atoms with Crippen LogP contribution in [0.2, 0.25) is 0 Å². The fourth-order valence-electron chi connectivity index (χ4n) is 1.46. The van der Waals surface area contributed by atoms with Gasteiger partial charge in [-0.1, -0.05) is 5.16 Å². The molecule has 12 heavy (non-hydrogen) atoms. The Morgan fingerprint density at radius 1 is 1.67 bits per heavy atom. The van der Waals surface area contributed by atoms with Crippen molar-refractivity contribution >= 4 is 11.5 Å². The average Bonchev–Trinajstić information content (AvgIpc) is 2.60. The highest BCUT2D eigenvalue weighted by Crippen LogP contribution is 2.46. The van der Waals surface area contributed by atoms with Crippen molar-refractivity contribution in [1.29, 1.82) is 0 Å². The van der Waals surface area contributed by atoms with Gasteiger partial charge >= 0.3 is 0 Å². The van der Waals surface area contributed by atoms with Crippen LogP contribution in [0, 0.1) is 0 Å². The average molecular weight is 167 g/mol. The zero-order valence-electron chi connectivity index (χ0n) is 7.30. The summed E-state index contributed by atoms with van der Waals surface area (Å²) in [4.78, 5) is 16.0. The number of Topliss-reactive ketones (excluding diaryl/α,β-unsaturated/α-hetero) is 1. The normalized spacial score (nSPS) is 23.6. The van der Waals surface area contributed by atoms with Gasteiger partial charge in [-0.3, -0.25) is 0 Å². The van der Waals surface area contributed by atoms with Crippen LogP contribution in [0.25, 0.3) is 0 Å². The minimum Gasteiger partial charge on any atom is -0.389 e. The third-order valence-electron chi connectivity index (χ3n) is 2.47. The summed E-state index contributed by atoms with van der Waals surface area (Å²) < 4.78 is 0. The first-order valence-corrected chi connectivity index (χ1v) is 4.44. The quantitative estimate of drug-likeness (QED) is 0.641. The van der Waals surface area contributed by atoms with E-state index >= 15 is 0 Å². The van der Waals surface area contributed by atoms with Crippen molar-refractivity contribution in [3.05, 3.63) is 0 Å². The molecule has 66 valence electrons. The van der Waals surface area contributed by atoms with Crippen LogP contribution in [0.5, 0.6) is 0 Å². The largest absolute Gasteiger partial charge is 0.389 e. The molecular formula is C9H13NO2. The summed E-state index contributed by atoms with van der Waals surface area (Å²) in [5.41, 5.74) is 1.16. The molecule has 0 radical (unpaired) electrons. The molecule has 0 unspecified atom stereocenters. The van der Waals surface area contributed by atoms with E-state index < -0.39 is 0 Å². The molecule has 1 fully saturated rings. The highest BCUT2D eigenvalue weighted by Gasteiger charge is 2.50. The second kappa shape index (κ2) is 2.57. The Morgan fingerprint density at radius 3 is 2.92 bits per heavy atom. The van der Waals surface area contributed by atoms with E-state index in [1.54, 1.807) is 6.92 Å². The minimum absolute atomic E-state index is 0.0894. The van der Waals surface area contributed by atoms with Crippen molar-refractivity contribution < 1.29 is 9.63 Å². The molecule has 1 aliphatic carbocycles. The monoisotopic (exact) mass is 167 g/mol. The Bertz CT molecular complexity index is 241. The van der Waals surface area contributed by atoms with E-state index in [1.807, 2.05) is 0 Å². The first kappa shape index (κ1) is 7.77. The molecule has 1 saturated carbocycles. The van der Waals surface area contributed by atoms with Crippen molar-refractivity contribution in [1.82, 2.24) is 0 Å². The number of rotatable bonds is 3. The summed E-state index contributed by atoms with van der Waals surface area (Å²) in [6.45, 7) is 1.61. The summed E-state index contributed by atoms with van der Waals surface area (Å²) in [6, 6.07) is 0. The molecular weight excluding hydrogens is 154 g/mol. The van der Waals surface area contributed by atoms with Crippen LogP contribution in [0.15, 0.2) is 5.16 Å². The van der Waals surface area contributed by atoms with Gasteiger partial charge in [0.25, 0.3) is 0 Å². The van der Waals surface area contributed by atoms with Gasteiger partial charge in [-0.2, -0.15) is 0 Å². The van der Waals surface area contributed by atoms with Crippen LogP contribution >= 0.6 is 0 Å². The fraction of sp³-hybridized carbons (Fsp3) is 0.778. The highest BCUT2D eigenvalue weighted by atomic mass is 16.7. The maximum absolute atomic E-state index is 10.7. The molecule has 0 aromatic heterocycles. The molecule has 0 bridgehead atoms. The maximum atomic E-state index is 10.7. The van der Waals surface area contributed by atoms with Crippen LogP contribution in [0.1, 0.15) is 39.0 Å². The van der Waals surface area contributed by atoms with Gasteiger partial charge < -0.3 is 9.63 Å². The summed E-state index contributed by atoms with van der Waals surface area (Å²) in [7, 11) is 0. The molecule has 0 N–H and O–H groups in total. The lowest BCUT2D eigenvalue weighted by molar-refractivity contribution is -0.116. The van der Waals surface area contributed by atoms with Gasteiger partial charge in [-0.15, -0.1) is 0 Å². The van der Waals surface area contributed by atoms with Gasteiger partial charge in [0.15, 0.2) is 0 Å². The first-order chi connectivity index (χ1) is 5.70. The van der Waals surface area contributed by atoms with E-state index in [4.69, 9.17) is 4.84 Å². The lowest BCUT2D eigenvalue weighted by Gasteiger charge is -2.00. The second-order valence-corrected chi connectivity index (χ2v) is 3.81. The standard InChI is InChI=1S/C9H13NO2/c1-7(11)2-3-8-6-9(4-5-9)12-10-8/h2-6H2,1H3. The van der Waals surface area contributed by atoms with E-state index in [2.05, 4.69) is 5.16 Å². The first-order valence-electron chi connectivity index (χ1n) is 4.44. The van der Waals surface area contributed by atoms with E-state index in [1.165, 1.54) is 0 Å². The van der Waals surface area contributed by atoms with Crippen LogP contribution in [-0.4, -0.2) is 17.1 Å². The fourth-order valence-corrected chi connectivity index (χ4v) is 1.46. The molecule has 2 aliphatic rings. The SMILES string of the molecule is CC(=O)CCC1=NOC2(CC2)C1. The number of carbonyl (C=O) groups excluding carboxylic acids is 1. The van der Waals surface area contributed by atoms with E-state index in [-0.39, 0.29) is 11.4 Å². The maximum Gasteiger partial charge on any atom is 0.143 e. The van der Waals surface area contributed by atoms with Gasteiger partial charge in [0, 0.05) is 12.8 Å². The van der Waals surface area contributed by atoms with E-state index in [0.29, 0.717) is 6.42 Å². The predicted molar refractivity (Wildman–Crippen MR) is 45.0 cm³/mol. The molecule has 3 heteroatoms. The molecule has 0 amide bonds. The number of carbonyl (C=O) groups is 1. The zero-order valence-corrected chi connectivity index (χ0v) is 7.30. The van der Waals surface area contributed by atoms with E-state index in [0.717, 1.165) is 31.4 Å². The molecule has 0 aromatic carbocycles. The van der Waals surface area contributed by atoms with Crippen LogP contribution in [0.4, 0.5) is 0 Å². The van der Waals surface area contributed by atoms with Crippen molar-refractivity contribution in [2.45, 2.75) is 44.6 Å². The Hall–Kier alpha value is -0.860. The molecule has 0 saturated heterocycles. The van der Waals surface area contributed by atoms with Gasteiger partial charge in [0.2, 0.25) is 0 Å². The molecule has 1 aliphatic heterocycles. The minimum atomic E-state index is 0.0894. The van der Waals surface area contributed by atoms with Crippen molar-refractivity contribution in [2.24, 2.45) is 5.16 Å². The van der Waals surface area contributed by atoms with Crippen molar-refractivity contribution in [3.63, 3.8) is 0 Å². The number of oxime groups is 1. The van der Waals surface area contributed by atoms with Crippen LogP contribution < -0.4 is 0 Å². The van der Waals surface area contributed by atoms with Gasteiger partial charge in [-0.05, 0) is 26.2 Å². The summed E-state index contributed by atoms with van der Waals surface area (Å²) in [5.74, 6) is 0.231. The van der Waals surface area contributed by atoms with E-state index in [9.17, 15) is 4.79 Å². The second-order valence-electron chi connectivity index (χ2n) is 3.81. The predicted octanol–water partition coefficient (Wildman–Crippen LogP) is 1.66. The smallest absolute Gasteiger partial charge is 0.143 e. The zero-order chi connectivity index (χ0) is 8.60. The molecule has 0 aromatic rings. The number of nitrogens with zero attached hydrogens (tertiary/aromatic N) is 1. The Labute approximate surface area is 71.8 Å². The lowest BCUT2D eigenvalue weighted by Crippen LogP contribution is -2.08. The summed E-state index contributed by atoms with van der Waals surface area (Å²) in [5, 5.41) is 3.99. The summed E-state index contributed by atoms with van der Waals surface area (Å²) >= 11 is 0. The molecule has 1 spiro atoms. The summed E-state index contributed by atoms with van der Waals surface area (Å²) in [6.07, 6.45) is 4.63. The molecule has 2 rings (SSSR count). The Balaban J connectivity index is 1.79. The van der Waals surface area contributed by atoms with Crippen molar-refractivity contribution in [3.8, 4) is 0 Å². The lowest BCUT2D eigenvalue weighted by atomic mass is 10.1. The molecule has 0 atom stereocenters. The highest BCUT2D eigenvalue weighted by molar-refractivity contribution is 5.90. The number of hydrogen-bond donors (Lipinski definition) is 0. The van der Waals surface area contributed by atoms with Gasteiger partial charge in [0.05, 0.1) is 5.71 Å². The van der Waals surface area contributed by atoms with Crippen LogP contribution in [-0.2, 0) is 9.63 Å². The molecule has 3 nitrogen and oxygen atoms in total. The van der Waals surface area contributed by atoms with Gasteiger partial charge in [0.1, 0.15) is 11.4 Å². The number of ketones is 1. The van der Waals surface area contributed by atoms with Crippen LogP contribution in [0.3, 0.4) is 0 Å². The van der Waals surface area contributed by atoms with Gasteiger partial charge in [-0.25, -0.2) is 0 Å². The molecule has 1 heterocycles.